The van der Waals surface area contributed by atoms with Crippen LogP contribution in [0.2, 0.25) is 0 Å². The highest BCUT2D eigenvalue weighted by molar-refractivity contribution is 5.94. The molecule has 2 aromatic carbocycles. The summed E-state index contributed by atoms with van der Waals surface area (Å²) in [4.78, 5) is 14.0. The lowest BCUT2D eigenvalue weighted by molar-refractivity contribution is 0.0710. The summed E-state index contributed by atoms with van der Waals surface area (Å²) in [5, 5.41) is 3.25. The van der Waals surface area contributed by atoms with Crippen LogP contribution in [0, 0.1) is 17.5 Å². The average molecular weight is 334 g/mol. The van der Waals surface area contributed by atoms with Gasteiger partial charge in [0, 0.05) is 30.9 Å². The number of carbonyl (C=O) groups is 1. The van der Waals surface area contributed by atoms with E-state index in [0.29, 0.717) is 19.2 Å². The van der Waals surface area contributed by atoms with E-state index in [2.05, 4.69) is 5.32 Å². The maximum Gasteiger partial charge on any atom is 0.256 e. The van der Waals surface area contributed by atoms with Crippen LogP contribution >= 0.6 is 0 Å². The number of likely N-dealkylation sites (tertiary alicyclic amines) is 1. The summed E-state index contributed by atoms with van der Waals surface area (Å²) < 4.78 is 39.7. The Bertz CT molecular complexity index is 734. The summed E-state index contributed by atoms with van der Waals surface area (Å²) >= 11 is 0. The van der Waals surface area contributed by atoms with Gasteiger partial charge < -0.3 is 10.2 Å². The second-order valence-corrected chi connectivity index (χ2v) is 5.87. The maximum atomic E-state index is 13.8. The van der Waals surface area contributed by atoms with Gasteiger partial charge in [0.2, 0.25) is 0 Å². The van der Waals surface area contributed by atoms with Gasteiger partial charge in [0.25, 0.3) is 5.91 Å². The van der Waals surface area contributed by atoms with Gasteiger partial charge in [0.05, 0.1) is 5.56 Å². The molecule has 0 radical (unpaired) electrons. The molecule has 3 nitrogen and oxygen atoms in total. The lowest BCUT2D eigenvalue weighted by Crippen LogP contribution is -2.45. The van der Waals surface area contributed by atoms with E-state index in [4.69, 9.17) is 0 Å². The fourth-order valence-corrected chi connectivity index (χ4v) is 2.89. The van der Waals surface area contributed by atoms with E-state index in [-0.39, 0.29) is 17.4 Å². The number of halogens is 3. The standard InChI is InChI=1S/C18H17F3N2O/c19-12-3-6-14(7-4-12)22-15-2-1-9-23(11-15)18(24)16-8-5-13(20)10-17(16)21/h3-8,10,15,22H,1-2,9,11H2. The summed E-state index contributed by atoms with van der Waals surface area (Å²) in [5.74, 6) is -2.32. The molecule has 1 N–H and O–H groups in total. The molecular weight excluding hydrogens is 317 g/mol. The molecule has 0 bridgehead atoms. The van der Waals surface area contributed by atoms with Gasteiger partial charge in [-0.25, -0.2) is 13.2 Å². The van der Waals surface area contributed by atoms with E-state index in [9.17, 15) is 18.0 Å². The molecule has 24 heavy (non-hydrogen) atoms. The number of nitrogens with one attached hydrogen (secondary N) is 1. The number of anilines is 1. The zero-order valence-electron chi connectivity index (χ0n) is 12.9. The summed E-state index contributed by atoms with van der Waals surface area (Å²) in [6.45, 7) is 0.935. The first-order chi connectivity index (χ1) is 11.5. The second-order valence-electron chi connectivity index (χ2n) is 5.87. The van der Waals surface area contributed by atoms with Crippen molar-refractivity contribution in [2.45, 2.75) is 18.9 Å². The maximum absolute atomic E-state index is 13.8. The average Bonchev–Trinajstić information content (AvgIpc) is 2.57. The first kappa shape index (κ1) is 16.4. The molecule has 3 rings (SSSR count). The highest BCUT2D eigenvalue weighted by Crippen LogP contribution is 2.20. The minimum Gasteiger partial charge on any atom is -0.381 e. The van der Waals surface area contributed by atoms with E-state index in [0.717, 1.165) is 24.6 Å². The van der Waals surface area contributed by atoms with Crippen LogP contribution in [0.3, 0.4) is 0 Å². The molecule has 126 valence electrons. The topological polar surface area (TPSA) is 32.3 Å². The number of nitrogens with zero attached hydrogens (tertiary/aromatic N) is 1. The zero-order chi connectivity index (χ0) is 17.1. The lowest BCUT2D eigenvalue weighted by Gasteiger charge is -2.33. The van der Waals surface area contributed by atoms with Crippen LogP contribution < -0.4 is 5.32 Å². The van der Waals surface area contributed by atoms with Crippen LogP contribution in [-0.4, -0.2) is 29.9 Å². The normalized spacial score (nSPS) is 17.6. The molecule has 1 saturated heterocycles. The van der Waals surface area contributed by atoms with Crippen LogP contribution in [-0.2, 0) is 0 Å². The number of piperidine rings is 1. The Labute approximate surface area is 138 Å². The summed E-state index contributed by atoms with van der Waals surface area (Å²) in [6.07, 6.45) is 1.63. The van der Waals surface area contributed by atoms with Gasteiger partial charge in [-0.05, 0) is 49.2 Å². The molecule has 1 amide bonds. The van der Waals surface area contributed by atoms with Crippen LogP contribution in [0.25, 0.3) is 0 Å². The molecule has 1 aliphatic heterocycles. The number of rotatable bonds is 3. The first-order valence-electron chi connectivity index (χ1n) is 7.79. The number of hydrogen-bond acceptors (Lipinski definition) is 2. The van der Waals surface area contributed by atoms with E-state index >= 15 is 0 Å². The van der Waals surface area contributed by atoms with E-state index < -0.39 is 17.5 Å². The van der Waals surface area contributed by atoms with Crippen molar-refractivity contribution in [3.63, 3.8) is 0 Å². The highest BCUT2D eigenvalue weighted by Gasteiger charge is 2.26. The smallest absolute Gasteiger partial charge is 0.256 e. The van der Waals surface area contributed by atoms with Gasteiger partial charge in [-0.2, -0.15) is 0 Å². The number of carbonyl (C=O) groups excluding carboxylic acids is 1. The van der Waals surface area contributed by atoms with Crippen molar-refractivity contribution >= 4 is 11.6 Å². The Morgan fingerprint density at radius 2 is 1.75 bits per heavy atom. The number of benzene rings is 2. The van der Waals surface area contributed by atoms with Crippen molar-refractivity contribution < 1.29 is 18.0 Å². The third-order valence-electron chi connectivity index (χ3n) is 4.09. The largest absolute Gasteiger partial charge is 0.381 e. The number of hydrogen-bond donors (Lipinski definition) is 1. The van der Waals surface area contributed by atoms with Gasteiger partial charge in [-0.1, -0.05) is 0 Å². The Morgan fingerprint density at radius 1 is 1.04 bits per heavy atom. The quantitative estimate of drug-likeness (QED) is 0.925. The van der Waals surface area contributed by atoms with Gasteiger partial charge in [-0.15, -0.1) is 0 Å². The van der Waals surface area contributed by atoms with Crippen molar-refractivity contribution in [2.24, 2.45) is 0 Å². The number of amides is 1. The molecule has 1 aliphatic rings. The van der Waals surface area contributed by atoms with Gasteiger partial charge in [0.1, 0.15) is 17.5 Å². The fourth-order valence-electron chi connectivity index (χ4n) is 2.89. The molecule has 2 aromatic rings. The minimum atomic E-state index is -0.853. The van der Waals surface area contributed by atoms with Crippen molar-refractivity contribution in [3.8, 4) is 0 Å². The third kappa shape index (κ3) is 3.69. The van der Waals surface area contributed by atoms with Gasteiger partial charge in [0.15, 0.2) is 0 Å². The zero-order valence-corrected chi connectivity index (χ0v) is 12.9. The molecule has 1 fully saturated rings. The summed E-state index contributed by atoms with van der Waals surface area (Å²) in [5.41, 5.74) is 0.641. The van der Waals surface area contributed by atoms with Gasteiger partial charge >= 0.3 is 0 Å². The molecular formula is C18H17F3N2O. The molecule has 6 heteroatoms. The van der Waals surface area contributed by atoms with Crippen molar-refractivity contribution in [1.29, 1.82) is 0 Å². The Morgan fingerprint density at radius 3 is 2.46 bits per heavy atom. The first-order valence-corrected chi connectivity index (χ1v) is 7.79. The van der Waals surface area contributed by atoms with Gasteiger partial charge in [-0.3, -0.25) is 4.79 Å². The molecule has 0 aliphatic carbocycles. The fraction of sp³-hybridized carbons (Fsp3) is 0.278. The Hall–Kier alpha value is -2.50. The predicted octanol–water partition coefficient (Wildman–Crippen LogP) is 3.82. The Balaban J connectivity index is 1.68. The lowest BCUT2D eigenvalue weighted by atomic mass is 10.0. The van der Waals surface area contributed by atoms with E-state index in [1.165, 1.54) is 18.2 Å². The van der Waals surface area contributed by atoms with Crippen LogP contribution in [0.5, 0.6) is 0 Å². The predicted molar refractivity (Wildman–Crippen MR) is 85.3 cm³/mol. The van der Waals surface area contributed by atoms with Crippen LogP contribution in [0.15, 0.2) is 42.5 Å². The van der Waals surface area contributed by atoms with E-state index in [1.807, 2.05) is 0 Å². The van der Waals surface area contributed by atoms with Crippen molar-refractivity contribution in [3.05, 3.63) is 65.5 Å². The van der Waals surface area contributed by atoms with E-state index in [1.54, 1.807) is 17.0 Å². The van der Waals surface area contributed by atoms with Crippen LogP contribution in [0.1, 0.15) is 23.2 Å². The van der Waals surface area contributed by atoms with Crippen LogP contribution in [0.4, 0.5) is 18.9 Å². The van der Waals surface area contributed by atoms with Crippen molar-refractivity contribution in [1.82, 2.24) is 4.90 Å². The second kappa shape index (κ2) is 6.95. The molecule has 1 unspecified atom stereocenters. The minimum absolute atomic E-state index is 0.00308. The monoisotopic (exact) mass is 334 g/mol. The van der Waals surface area contributed by atoms with Crippen molar-refractivity contribution in [2.75, 3.05) is 18.4 Å². The molecule has 1 atom stereocenters. The molecule has 0 aromatic heterocycles. The molecule has 1 heterocycles. The molecule has 0 spiro atoms. The molecule has 0 saturated carbocycles. The summed E-state index contributed by atoms with van der Waals surface area (Å²) in [6, 6.07) is 8.95. The third-order valence-corrected chi connectivity index (χ3v) is 4.09. The highest BCUT2D eigenvalue weighted by atomic mass is 19.1. The Kier molecular flexibility index (Phi) is 4.74. The SMILES string of the molecule is O=C(c1ccc(F)cc1F)N1CCCC(Nc2ccc(F)cc2)C1. The summed E-state index contributed by atoms with van der Waals surface area (Å²) in [7, 11) is 0.